The van der Waals surface area contributed by atoms with Crippen molar-refractivity contribution < 1.29 is 0 Å². The van der Waals surface area contributed by atoms with Crippen molar-refractivity contribution in [2.24, 2.45) is 16.1 Å². The lowest BCUT2D eigenvalue weighted by molar-refractivity contribution is 0.258. The van der Waals surface area contributed by atoms with Crippen molar-refractivity contribution in [1.82, 2.24) is 15.0 Å². The Morgan fingerprint density at radius 3 is 2.74 bits per heavy atom. The first kappa shape index (κ1) is 21.2. The number of nitrogens with zero attached hydrogens (tertiary/aromatic N) is 6. The number of pyridine rings is 1. The van der Waals surface area contributed by atoms with Crippen molar-refractivity contribution in [2.75, 3.05) is 36.0 Å². The number of benzene rings is 1. The van der Waals surface area contributed by atoms with E-state index in [2.05, 4.69) is 46.0 Å². The highest BCUT2D eigenvalue weighted by molar-refractivity contribution is 6.11. The van der Waals surface area contributed by atoms with E-state index >= 15 is 0 Å². The molecule has 0 amide bonds. The number of rotatable bonds is 3. The minimum Gasteiger partial charge on any atom is -0.355 e. The van der Waals surface area contributed by atoms with E-state index in [4.69, 9.17) is 20.7 Å². The molecule has 174 valence electrons. The van der Waals surface area contributed by atoms with Crippen LogP contribution in [0.2, 0.25) is 0 Å². The molecule has 0 aliphatic carbocycles. The van der Waals surface area contributed by atoms with E-state index in [0.717, 1.165) is 80.5 Å². The first-order chi connectivity index (χ1) is 16.6. The maximum atomic E-state index is 5.99. The third-order valence-corrected chi connectivity index (χ3v) is 7.69. The van der Waals surface area contributed by atoms with Crippen LogP contribution in [0.4, 0.5) is 11.5 Å². The molecule has 0 bridgehead atoms. The van der Waals surface area contributed by atoms with Gasteiger partial charge in [-0.05, 0) is 60.9 Å². The van der Waals surface area contributed by atoms with Gasteiger partial charge >= 0.3 is 0 Å². The van der Waals surface area contributed by atoms with Crippen LogP contribution >= 0.6 is 0 Å². The van der Waals surface area contributed by atoms with Gasteiger partial charge in [-0.15, -0.1) is 0 Å². The summed E-state index contributed by atoms with van der Waals surface area (Å²) in [5, 5.41) is 0. The standard InChI is InChI=1S/C27H31N7/c1-27(18-28)9-13-33(14-10-27)24-17-30-25-22(32-24)16-31-26(25)34-12-4-7-21-20(6-2-8-23(21)34)19-5-3-11-29-15-19/h2-3,5-6,8,11,15,17H,4,7,9-10,12-14,16,18,28H2,1H3. The molecule has 5 heterocycles. The first-order valence-corrected chi connectivity index (χ1v) is 12.3. The van der Waals surface area contributed by atoms with Crippen molar-refractivity contribution in [2.45, 2.75) is 39.2 Å². The molecule has 7 nitrogen and oxygen atoms in total. The Balaban J connectivity index is 1.28. The van der Waals surface area contributed by atoms with Crippen LogP contribution in [0.1, 0.15) is 43.1 Å². The maximum Gasteiger partial charge on any atom is 0.156 e. The summed E-state index contributed by atoms with van der Waals surface area (Å²) < 4.78 is 0. The third-order valence-electron chi connectivity index (χ3n) is 7.69. The summed E-state index contributed by atoms with van der Waals surface area (Å²) in [6.07, 6.45) is 10.0. The number of anilines is 2. The van der Waals surface area contributed by atoms with Crippen molar-refractivity contribution in [1.29, 1.82) is 0 Å². The minimum atomic E-state index is 0.243. The van der Waals surface area contributed by atoms with Crippen molar-refractivity contribution in [3.05, 3.63) is 65.9 Å². The summed E-state index contributed by atoms with van der Waals surface area (Å²) in [6, 6.07) is 10.7. The molecule has 1 fully saturated rings. The number of hydrogen-bond acceptors (Lipinski definition) is 7. The van der Waals surface area contributed by atoms with Crippen LogP contribution in [-0.2, 0) is 13.0 Å². The van der Waals surface area contributed by atoms with Crippen molar-refractivity contribution in [3.8, 4) is 11.1 Å². The molecule has 7 heteroatoms. The molecular formula is C27H31N7. The molecule has 2 N–H and O–H groups in total. The molecule has 0 atom stereocenters. The topological polar surface area (TPSA) is 83.5 Å². The molecule has 0 unspecified atom stereocenters. The van der Waals surface area contributed by atoms with Gasteiger partial charge in [0, 0.05) is 43.3 Å². The highest BCUT2D eigenvalue weighted by atomic mass is 15.2. The van der Waals surface area contributed by atoms with Gasteiger partial charge in [0.05, 0.1) is 18.4 Å². The predicted molar refractivity (Wildman–Crippen MR) is 136 cm³/mol. The monoisotopic (exact) mass is 453 g/mol. The molecule has 3 aliphatic heterocycles. The number of aliphatic imine (C=N–C) groups is 1. The van der Waals surface area contributed by atoms with Gasteiger partial charge in [0.2, 0.25) is 0 Å². The van der Waals surface area contributed by atoms with Gasteiger partial charge in [-0.1, -0.05) is 25.1 Å². The second kappa shape index (κ2) is 8.47. The average molecular weight is 454 g/mol. The molecule has 1 aromatic carbocycles. The van der Waals surface area contributed by atoms with E-state index in [1.165, 1.54) is 16.8 Å². The number of fused-ring (bicyclic) bond motifs is 2. The normalized spacial score (nSPS) is 18.9. The summed E-state index contributed by atoms with van der Waals surface area (Å²) >= 11 is 0. The van der Waals surface area contributed by atoms with Crippen LogP contribution in [0.3, 0.4) is 0 Å². The van der Waals surface area contributed by atoms with E-state index < -0.39 is 0 Å². The van der Waals surface area contributed by atoms with E-state index in [9.17, 15) is 0 Å². The SMILES string of the molecule is CC1(CN)CCN(c2cnc3c(n2)CN=C3N2CCCc3c(-c4cccnc4)cccc32)CC1. The van der Waals surface area contributed by atoms with Crippen LogP contribution in [0.25, 0.3) is 11.1 Å². The third kappa shape index (κ3) is 3.64. The highest BCUT2D eigenvalue weighted by Crippen LogP contribution is 2.37. The van der Waals surface area contributed by atoms with Gasteiger partial charge in [-0.25, -0.2) is 9.97 Å². The molecule has 3 aromatic rings. The summed E-state index contributed by atoms with van der Waals surface area (Å²) in [5.41, 5.74) is 13.1. The lowest BCUT2D eigenvalue weighted by atomic mass is 9.80. The zero-order valence-electron chi connectivity index (χ0n) is 19.7. The highest BCUT2D eigenvalue weighted by Gasteiger charge is 2.32. The lowest BCUT2D eigenvalue weighted by Crippen LogP contribution is -2.42. The van der Waals surface area contributed by atoms with Crippen molar-refractivity contribution in [3.63, 3.8) is 0 Å². The maximum absolute atomic E-state index is 5.99. The largest absolute Gasteiger partial charge is 0.355 e. The first-order valence-electron chi connectivity index (χ1n) is 12.3. The molecule has 3 aliphatic rings. The molecule has 0 saturated carbocycles. The Morgan fingerprint density at radius 2 is 1.94 bits per heavy atom. The molecule has 6 rings (SSSR count). The molecule has 0 spiro atoms. The number of amidine groups is 1. The van der Waals surface area contributed by atoms with Gasteiger partial charge in [-0.2, -0.15) is 0 Å². The quantitative estimate of drug-likeness (QED) is 0.649. The summed E-state index contributed by atoms with van der Waals surface area (Å²) in [5.74, 6) is 1.92. The van der Waals surface area contributed by atoms with E-state index in [1.807, 2.05) is 24.7 Å². The van der Waals surface area contributed by atoms with Crippen LogP contribution in [0.15, 0.2) is 53.9 Å². The number of piperidine rings is 1. The predicted octanol–water partition coefficient (Wildman–Crippen LogP) is 3.82. The van der Waals surface area contributed by atoms with E-state index in [1.54, 1.807) is 0 Å². The molecule has 2 aromatic heterocycles. The second-order valence-corrected chi connectivity index (χ2v) is 9.97. The minimum absolute atomic E-state index is 0.243. The van der Waals surface area contributed by atoms with Crippen LogP contribution < -0.4 is 15.5 Å². The number of aromatic nitrogens is 3. The van der Waals surface area contributed by atoms with Crippen LogP contribution in [0.5, 0.6) is 0 Å². The summed E-state index contributed by atoms with van der Waals surface area (Å²) in [4.78, 5) is 23.8. The Bertz CT molecular complexity index is 1230. The lowest BCUT2D eigenvalue weighted by Gasteiger charge is -2.39. The van der Waals surface area contributed by atoms with Gasteiger partial charge in [0.25, 0.3) is 0 Å². The zero-order valence-corrected chi connectivity index (χ0v) is 19.7. The van der Waals surface area contributed by atoms with Gasteiger partial charge in [0.1, 0.15) is 11.5 Å². The van der Waals surface area contributed by atoms with Gasteiger partial charge in [0.15, 0.2) is 5.84 Å². The molecule has 1 saturated heterocycles. The van der Waals surface area contributed by atoms with Gasteiger partial charge in [-0.3, -0.25) is 9.98 Å². The number of nitrogens with two attached hydrogens (primary N) is 1. The Labute approximate surface area is 200 Å². The van der Waals surface area contributed by atoms with Crippen LogP contribution in [0, 0.1) is 5.41 Å². The molecular weight excluding hydrogens is 422 g/mol. The smallest absolute Gasteiger partial charge is 0.156 e. The van der Waals surface area contributed by atoms with Crippen LogP contribution in [-0.4, -0.2) is 47.0 Å². The Morgan fingerprint density at radius 1 is 1.06 bits per heavy atom. The Hall–Kier alpha value is -3.32. The van der Waals surface area contributed by atoms with E-state index in [-0.39, 0.29) is 5.41 Å². The van der Waals surface area contributed by atoms with Gasteiger partial charge < -0.3 is 15.5 Å². The fourth-order valence-electron chi connectivity index (χ4n) is 5.42. The Kier molecular flexibility index (Phi) is 5.29. The fraction of sp³-hybridized carbons (Fsp3) is 0.407. The fourth-order valence-corrected chi connectivity index (χ4v) is 5.42. The van der Waals surface area contributed by atoms with E-state index in [0.29, 0.717) is 6.54 Å². The van der Waals surface area contributed by atoms with Crippen molar-refractivity contribution >= 4 is 17.3 Å². The molecule has 0 radical (unpaired) electrons. The summed E-state index contributed by atoms with van der Waals surface area (Å²) in [6.45, 7) is 6.52. The second-order valence-electron chi connectivity index (χ2n) is 9.97. The summed E-state index contributed by atoms with van der Waals surface area (Å²) in [7, 11) is 0. The average Bonchev–Trinajstić information content (AvgIpc) is 3.32. The number of hydrogen-bond donors (Lipinski definition) is 1. The molecule has 34 heavy (non-hydrogen) atoms. The zero-order chi connectivity index (χ0) is 23.1.